The van der Waals surface area contributed by atoms with Gasteiger partial charge in [-0.05, 0) is 31.2 Å². The molecule has 1 N–H and O–H groups in total. The van der Waals surface area contributed by atoms with Crippen molar-refractivity contribution in [2.24, 2.45) is 7.05 Å². The van der Waals surface area contributed by atoms with Crippen molar-refractivity contribution < 1.29 is 9.90 Å². The van der Waals surface area contributed by atoms with Crippen molar-refractivity contribution in [3.05, 3.63) is 41.5 Å². The van der Waals surface area contributed by atoms with Crippen molar-refractivity contribution in [1.82, 2.24) is 14.8 Å². The zero-order chi connectivity index (χ0) is 13.1. The van der Waals surface area contributed by atoms with E-state index in [1.807, 2.05) is 18.5 Å². The predicted octanol–water partition coefficient (Wildman–Crippen LogP) is 2.11. The summed E-state index contributed by atoms with van der Waals surface area (Å²) >= 11 is 1.61. The highest BCUT2D eigenvalue weighted by molar-refractivity contribution is 7.98. The Labute approximate surface area is 109 Å². The van der Waals surface area contributed by atoms with Gasteiger partial charge in [0.2, 0.25) is 0 Å². The summed E-state index contributed by atoms with van der Waals surface area (Å²) in [6.07, 6.45) is 0. The molecule has 0 atom stereocenters. The van der Waals surface area contributed by atoms with Crippen molar-refractivity contribution in [2.75, 3.05) is 0 Å². The monoisotopic (exact) mass is 263 g/mol. The van der Waals surface area contributed by atoms with Crippen molar-refractivity contribution in [2.45, 2.75) is 17.6 Å². The Morgan fingerprint density at radius 2 is 2.00 bits per heavy atom. The molecule has 0 spiro atoms. The van der Waals surface area contributed by atoms with Gasteiger partial charge < -0.3 is 9.67 Å². The quantitative estimate of drug-likeness (QED) is 0.856. The largest absolute Gasteiger partial charge is 0.478 e. The number of benzene rings is 1. The van der Waals surface area contributed by atoms with E-state index in [4.69, 9.17) is 5.11 Å². The summed E-state index contributed by atoms with van der Waals surface area (Å²) in [5.74, 6) is 1.59. The second-order valence-electron chi connectivity index (χ2n) is 3.84. The number of nitrogens with zero attached hydrogens (tertiary/aromatic N) is 3. The molecule has 0 fully saturated rings. The van der Waals surface area contributed by atoms with Crippen LogP contribution < -0.4 is 0 Å². The molecule has 0 aliphatic rings. The molecule has 6 heteroatoms. The Kier molecular flexibility index (Phi) is 3.66. The third kappa shape index (κ3) is 2.70. The van der Waals surface area contributed by atoms with Gasteiger partial charge in [0.05, 0.1) is 11.3 Å². The minimum Gasteiger partial charge on any atom is -0.478 e. The summed E-state index contributed by atoms with van der Waals surface area (Å²) in [4.78, 5) is 11.7. The molecule has 0 bridgehead atoms. The van der Waals surface area contributed by atoms with E-state index in [-0.39, 0.29) is 0 Å². The molecule has 2 aromatic rings. The molecular formula is C12H13N3O2S. The zero-order valence-electron chi connectivity index (χ0n) is 10.1. The Morgan fingerprint density at radius 3 is 2.50 bits per heavy atom. The highest BCUT2D eigenvalue weighted by Crippen LogP contribution is 2.22. The maximum Gasteiger partial charge on any atom is 0.335 e. The number of hydrogen-bond donors (Lipinski definition) is 1. The first-order valence-electron chi connectivity index (χ1n) is 5.39. The fraction of sp³-hybridized carbons (Fsp3) is 0.250. The van der Waals surface area contributed by atoms with E-state index < -0.39 is 5.97 Å². The number of aromatic carboxylic acids is 1. The van der Waals surface area contributed by atoms with Gasteiger partial charge in [-0.3, -0.25) is 0 Å². The number of thioether (sulfide) groups is 1. The summed E-state index contributed by atoms with van der Waals surface area (Å²) in [7, 11) is 1.93. The summed E-state index contributed by atoms with van der Waals surface area (Å²) in [6.45, 7) is 1.91. The number of carboxylic acid groups (broad SMARTS) is 1. The molecule has 0 saturated heterocycles. The van der Waals surface area contributed by atoms with Gasteiger partial charge in [-0.15, -0.1) is 22.0 Å². The number of hydrogen-bond acceptors (Lipinski definition) is 4. The molecule has 0 aliphatic carbocycles. The Hall–Kier alpha value is -1.82. The van der Waals surface area contributed by atoms with Crippen LogP contribution in [0, 0.1) is 6.92 Å². The lowest BCUT2D eigenvalue weighted by molar-refractivity contribution is 0.0697. The maximum absolute atomic E-state index is 10.7. The van der Waals surface area contributed by atoms with E-state index >= 15 is 0 Å². The van der Waals surface area contributed by atoms with E-state index in [1.165, 1.54) is 0 Å². The first kappa shape index (κ1) is 12.6. The third-order valence-electron chi connectivity index (χ3n) is 2.65. The third-order valence-corrected chi connectivity index (χ3v) is 3.66. The first-order valence-corrected chi connectivity index (χ1v) is 6.37. The summed E-state index contributed by atoms with van der Waals surface area (Å²) < 4.78 is 1.94. The number of rotatable bonds is 4. The second kappa shape index (κ2) is 5.22. The number of carbonyl (C=O) groups is 1. The van der Waals surface area contributed by atoms with Gasteiger partial charge in [0.15, 0.2) is 0 Å². The molecule has 0 unspecified atom stereocenters. The molecular weight excluding hydrogens is 250 g/mol. The molecule has 94 valence electrons. The van der Waals surface area contributed by atoms with E-state index in [1.54, 1.807) is 36.0 Å². The molecule has 0 radical (unpaired) electrons. The summed E-state index contributed by atoms with van der Waals surface area (Å²) in [6, 6.07) is 6.81. The molecule has 1 aromatic heterocycles. The fourth-order valence-corrected chi connectivity index (χ4v) is 2.29. The lowest BCUT2D eigenvalue weighted by Crippen LogP contribution is -1.98. The fourth-order valence-electron chi connectivity index (χ4n) is 1.42. The van der Waals surface area contributed by atoms with Gasteiger partial charge >= 0.3 is 5.97 Å². The van der Waals surface area contributed by atoms with Gasteiger partial charge in [-0.25, -0.2) is 4.79 Å². The van der Waals surface area contributed by atoms with Crippen molar-refractivity contribution in [3.8, 4) is 0 Å². The molecule has 0 amide bonds. The number of carboxylic acids is 1. The summed E-state index contributed by atoms with van der Waals surface area (Å²) in [5, 5.41) is 16.9. The van der Waals surface area contributed by atoms with E-state index in [9.17, 15) is 4.79 Å². The van der Waals surface area contributed by atoms with Crippen molar-refractivity contribution in [1.29, 1.82) is 0 Å². The van der Waals surface area contributed by atoms with Crippen LogP contribution in [0.1, 0.15) is 22.0 Å². The van der Waals surface area contributed by atoms with Crippen LogP contribution in [0.3, 0.4) is 0 Å². The molecule has 1 heterocycles. The topological polar surface area (TPSA) is 68.0 Å². The lowest BCUT2D eigenvalue weighted by atomic mass is 10.2. The lowest BCUT2D eigenvalue weighted by Gasteiger charge is -2.02. The predicted molar refractivity (Wildman–Crippen MR) is 68.7 cm³/mol. The minimum atomic E-state index is -0.907. The van der Waals surface area contributed by atoms with Crippen LogP contribution in [-0.4, -0.2) is 25.8 Å². The van der Waals surface area contributed by atoms with E-state index in [0.717, 1.165) is 16.5 Å². The summed E-state index contributed by atoms with van der Waals surface area (Å²) in [5.41, 5.74) is 0.300. The Morgan fingerprint density at radius 1 is 1.33 bits per heavy atom. The molecule has 1 aromatic carbocycles. The van der Waals surface area contributed by atoms with Gasteiger partial charge in [0, 0.05) is 11.9 Å². The standard InChI is InChI=1S/C12H13N3O2S/c1-8-13-14-11(15(8)2)7-18-10-5-3-9(4-6-10)12(16)17/h3-6H,7H2,1-2H3,(H,16,17). The van der Waals surface area contributed by atoms with Crippen LogP contribution in [-0.2, 0) is 12.8 Å². The average Bonchev–Trinajstić information content (AvgIpc) is 2.68. The number of aryl methyl sites for hydroxylation is 1. The van der Waals surface area contributed by atoms with Crippen LogP contribution in [0.5, 0.6) is 0 Å². The van der Waals surface area contributed by atoms with Crippen LogP contribution in [0.2, 0.25) is 0 Å². The van der Waals surface area contributed by atoms with Gasteiger partial charge in [-0.1, -0.05) is 0 Å². The molecule has 0 aliphatic heterocycles. The smallest absolute Gasteiger partial charge is 0.335 e. The highest BCUT2D eigenvalue weighted by atomic mass is 32.2. The highest BCUT2D eigenvalue weighted by Gasteiger charge is 2.06. The molecule has 0 saturated carbocycles. The van der Waals surface area contributed by atoms with E-state index in [0.29, 0.717) is 11.3 Å². The van der Waals surface area contributed by atoms with Crippen LogP contribution in [0.25, 0.3) is 0 Å². The van der Waals surface area contributed by atoms with Crippen LogP contribution in [0.4, 0.5) is 0 Å². The maximum atomic E-state index is 10.7. The van der Waals surface area contributed by atoms with Gasteiger partial charge in [0.1, 0.15) is 11.6 Å². The minimum absolute atomic E-state index is 0.300. The Bertz CT molecular complexity index is 563. The van der Waals surface area contributed by atoms with Crippen LogP contribution >= 0.6 is 11.8 Å². The van der Waals surface area contributed by atoms with Crippen LogP contribution in [0.15, 0.2) is 29.2 Å². The molecule has 18 heavy (non-hydrogen) atoms. The molecule has 5 nitrogen and oxygen atoms in total. The zero-order valence-corrected chi connectivity index (χ0v) is 10.9. The van der Waals surface area contributed by atoms with Crippen molar-refractivity contribution in [3.63, 3.8) is 0 Å². The van der Waals surface area contributed by atoms with E-state index in [2.05, 4.69) is 10.2 Å². The van der Waals surface area contributed by atoms with Gasteiger partial charge in [0.25, 0.3) is 0 Å². The van der Waals surface area contributed by atoms with Gasteiger partial charge in [-0.2, -0.15) is 0 Å². The average molecular weight is 263 g/mol. The van der Waals surface area contributed by atoms with Crippen molar-refractivity contribution >= 4 is 17.7 Å². The number of aromatic nitrogens is 3. The SMILES string of the molecule is Cc1nnc(CSc2ccc(C(=O)O)cc2)n1C. The Balaban J connectivity index is 2.02. The first-order chi connectivity index (χ1) is 8.58. The molecule has 2 rings (SSSR count). The normalized spacial score (nSPS) is 10.6. The second-order valence-corrected chi connectivity index (χ2v) is 4.89.